The minimum Gasteiger partial charge on any atom is -0.512 e. The van der Waals surface area contributed by atoms with Gasteiger partial charge in [0.25, 0.3) is 0 Å². The van der Waals surface area contributed by atoms with Crippen molar-refractivity contribution < 1.29 is 43.2 Å². The van der Waals surface area contributed by atoms with Gasteiger partial charge < -0.3 is 5.11 Å². The van der Waals surface area contributed by atoms with Gasteiger partial charge >= 0.3 is 6.18 Å². The van der Waals surface area contributed by atoms with E-state index in [0.717, 1.165) is 89.7 Å². The SMILES string of the molecule is CCC(CC)C(=O)/C=C(\O)C(CC)CC.Cc1c(-c2ccc(CC(C)(C)C(F)(F)F)cc2)sc2c(-c3nc4c(s3)-c3ccccc3-c3ccccc3-c3ccccc3-4)nccc12.[Ir]. The van der Waals surface area contributed by atoms with Crippen LogP contribution < -0.4 is 0 Å². The van der Waals surface area contributed by atoms with Gasteiger partial charge in [-0.25, -0.2) is 4.98 Å². The zero-order valence-corrected chi connectivity index (χ0v) is 40.7. The molecule has 1 N–H and O–H groups in total. The summed E-state index contributed by atoms with van der Waals surface area (Å²) in [6.07, 6.45) is 2.42. The largest absolute Gasteiger partial charge is 0.512 e. The average molecular weight is 1060 g/mol. The molecule has 3 heterocycles. The van der Waals surface area contributed by atoms with Gasteiger partial charge in [-0.1, -0.05) is 139 Å². The summed E-state index contributed by atoms with van der Waals surface area (Å²) in [7, 11) is 0. The number of carbonyl (C=O) groups is 1. The number of alkyl halides is 3. The van der Waals surface area contributed by atoms with Crippen molar-refractivity contribution >= 4 is 38.5 Å². The van der Waals surface area contributed by atoms with E-state index in [1.807, 2.05) is 64.2 Å². The molecule has 0 amide bonds. The Bertz CT molecular complexity index is 2660. The van der Waals surface area contributed by atoms with Crippen LogP contribution in [0.1, 0.15) is 78.4 Å². The monoisotopic (exact) mass is 1060 g/mol. The van der Waals surface area contributed by atoms with Crippen LogP contribution in [0, 0.1) is 24.2 Å². The van der Waals surface area contributed by atoms with Crippen molar-refractivity contribution in [2.45, 2.75) is 86.7 Å². The van der Waals surface area contributed by atoms with Gasteiger partial charge in [0.1, 0.15) is 10.7 Å². The van der Waals surface area contributed by atoms with Gasteiger partial charge in [-0.2, -0.15) is 13.2 Å². The number of aromatic nitrogens is 2. The van der Waals surface area contributed by atoms with Crippen LogP contribution >= 0.6 is 22.7 Å². The number of hydrogen-bond donors (Lipinski definition) is 1. The van der Waals surface area contributed by atoms with Gasteiger partial charge in [-0.05, 0) is 89.4 Å². The van der Waals surface area contributed by atoms with Gasteiger partial charge in [0, 0.05) is 60.2 Å². The quantitative estimate of drug-likeness (QED) is 0.104. The minimum atomic E-state index is -4.27. The number of aliphatic hydroxyl groups excluding tert-OH is 1. The van der Waals surface area contributed by atoms with E-state index in [4.69, 9.17) is 9.97 Å². The van der Waals surface area contributed by atoms with E-state index in [9.17, 15) is 23.1 Å². The van der Waals surface area contributed by atoms with Crippen molar-refractivity contribution in [2.24, 2.45) is 17.3 Å². The first-order chi connectivity index (χ1) is 29.7. The van der Waals surface area contributed by atoms with E-state index in [1.165, 1.54) is 36.6 Å². The van der Waals surface area contributed by atoms with E-state index in [2.05, 4.69) is 79.7 Å². The molecule has 8 rings (SSSR count). The molecule has 329 valence electrons. The van der Waals surface area contributed by atoms with Crippen molar-refractivity contribution in [3.8, 4) is 65.1 Å². The van der Waals surface area contributed by atoms with Gasteiger partial charge in [0.15, 0.2) is 5.78 Å². The first kappa shape index (κ1) is 47.7. The van der Waals surface area contributed by atoms with Crippen molar-refractivity contribution in [3.63, 3.8) is 0 Å². The third-order valence-electron chi connectivity index (χ3n) is 12.3. The van der Waals surface area contributed by atoms with E-state index >= 15 is 0 Å². The number of benzene rings is 4. The Labute approximate surface area is 390 Å². The maximum Gasteiger partial charge on any atom is 0.394 e. The predicted molar refractivity (Wildman–Crippen MR) is 254 cm³/mol. The van der Waals surface area contributed by atoms with Crippen LogP contribution in [0.4, 0.5) is 13.2 Å². The Hall–Kier alpha value is -4.73. The molecule has 0 saturated carbocycles. The summed E-state index contributed by atoms with van der Waals surface area (Å²) in [5.74, 6) is 0.547. The van der Waals surface area contributed by atoms with Gasteiger partial charge in [-0.15, -0.1) is 22.7 Å². The second kappa shape index (κ2) is 20.0. The maximum atomic E-state index is 13.5. The van der Waals surface area contributed by atoms with Gasteiger partial charge in [0.05, 0.1) is 26.4 Å². The normalized spacial score (nSPS) is 12.3. The zero-order chi connectivity index (χ0) is 44.3. The number of rotatable bonds is 11. The molecular weight excluding hydrogens is 1010 g/mol. The summed E-state index contributed by atoms with van der Waals surface area (Å²) in [6.45, 7) is 12.7. The molecule has 0 unspecified atom stereocenters. The molecule has 0 fully saturated rings. The van der Waals surface area contributed by atoms with Crippen molar-refractivity contribution in [1.29, 1.82) is 0 Å². The van der Waals surface area contributed by atoms with Crippen molar-refractivity contribution in [3.05, 3.63) is 132 Å². The second-order valence-corrected chi connectivity index (χ2v) is 18.7. The molecule has 0 aliphatic heterocycles. The summed E-state index contributed by atoms with van der Waals surface area (Å²) in [6, 6.07) is 35.1. The van der Waals surface area contributed by atoms with Crippen LogP contribution in [-0.2, 0) is 31.3 Å². The summed E-state index contributed by atoms with van der Waals surface area (Å²) in [5, 5.41) is 11.7. The van der Waals surface area contributed by atoms with Crippen LogP contribution in [-0.4, -0.2) is 27.0 Å². The van der Waals surface area contributed by atoms with Crippen LogP contribution in [0.25, 0.3) is 75.2 Å². The van der Waals surface area contributed by atoms with Crippen LogP contribution in [0.3, 0.4) is 0 Å². The molecule has 0 spiro atoms. The molecule has 1 radical (unpaired) electrons. The Morgan fingerprint density at radius 1 is 0.683 bits per heavy atom. The standard InChI is InChI=1S/C40H29F3N2S2.C13H24O2.Ir/c1-23-26-20-21-44-34(36(26)46-35(23)25-18-16-24(17-19-25)22-39(2,3)40(41,42)43)38-45-33-31-14-8-6-12-29(31)27-10-4-5-11-28(27)30-13-7-9-15-32(30)37(33)47-38;1-5-10(6-2)12(14)9-13(15)11(7-3)8-4;/h4-21H,22H2,1-3H3;9-11,14H,5-8H2,1-4H3;/b;12-9-;. The first-order valence-corrected chi connectivity index (χ1v) is 23.1. The molecule has 4 nitrogen and oxygen atoms in total. The molecule has 10 heteroatoms. The fourth-order valence-corrected chi connectivity index (χ4v) is 10.8. The molecule has 3 aromatic heterocycles. The Morgan fingerprint density at radius 2 is 1.19 bits per heavy atom. The van der Waals surface area contributed by atoms with E-state index in [1.54, 1.807) is 22.7 Å². The van der Waals surface area contributed by atoms with Crippen LogP contribution in [0.2, 0.25) is 0 Å². The number of allylic oxidation sites excluding steroid dienone is 2. The number of thiophene rings is 1. The maximum absolute atomic E-state index is 13.5. The molecule has 0 bridgehead atoms. The van der Waals surface area contributed by atoms with E-state index in [-0.39, 0.29) is 49.9 Å². The second-order valence-electron chi connectivity index (χ2n) is 16.7. The molecule has 7 aromatic rings. The third kappa shape index (κ3) is 9.70. The van der Waals surface area contributed by atoms with Gasteiger partial charge in [-0.3, -0.25) is 9.78 Å². The number of halogens is 3. The smallest absolute Gasteiger partial charge is 0.394 e. The molecule has 0 saturated heterocycles. The van der Waals surface area contributed by atoms with Crippen molar-refractivity contribution in [1.82, 2.24) is 9.97 Å². The third-order valence-corrected chi connectivity index (χ3v) is 14.7. The Balaban J connectivity index is 0.000000356. The van der Waals surface area contributed by atoms with E-state index < -0.39 is 11.6 Å². The summed E-state index contributed by atoms with van der Waals surface area (Å²) in [4.78, 5) is 24.1. The Kier molecular flexibility index (Phi) is 15.1. The Morgan fingerprint density at radius 3 is 1.73 bits per heavy atom. The number of hydrogen-bond acceptors (Lipinski definition) is 6. The minimum absolute atomic E-state index is 0. The molecular formula is C53H53F3IrN2O2S2. The summed E-state index contributed by atoms with van der Waals surface area (Å²) < 4.78 is 41.6. The number of nitrogens with zero attached hydrogens (tertiary/aromatic N) is 2. The number of ketones is 1. The van der Waals surface area contributed by atoms with E-state index in [0.29, 0.717) is 5.56 Å². The summed E-state index contributed by atoms with van der Waals surface area (Å²) >= 11 is 3.33. The molecule has 1 aliphatic carbocycles. The van der Waals surface area contributed by atoms with Crippen LogP contribution in [0.15, 0.2) is 121 Å². The predicted octanol–water partition coefficient (Wildman–Crippen LogP) is 16.4. The van der Waals surface area contributed by atoms with Gasteiger partial charge in [0.2, 0.25) is 0 Å². The van der Waals surface area contributed by atoms with Crippen molar-refractivity contribution in [2.75, 3.05) is 0 Å². The molecule has 0 atom stereocenters. The fraction of sp³-hybridized carbons (Fsp3) is 0.302. The van der Waals surface area contributed by atoms with Crippen LogP contribution in [0.5, 0.6) is 0 Å². The zero-order valence-electron chi connectivity index (χ0n) is 36.7. The fourth-order valence-electron chi connectivity index (χ4n) is 8.32. The number of aryl methyl sites for hydroxylation is 1. The molecule has 63 heavy (non-hydrogen) atoms. The summed E-state index contributed by atoms with van der Waals surface area (Å²) in [5.41, 5.74) is 9.72. The topological polar surface area (TPSA) is 63.1 Å². The number of pyridine rings is 1. The first-order valence-electron chi connectivity index (χ1n) is 21.5. The number of carbonyl (C=O) groups excluding carboxylic acids is 1. The number of thiazole rings is 1. The number of fused-ring (bicyclic) bond motifs is 9. The number of aliphatic hydroxyl groups is 1. The molecule has 4 aromatic carbocycles. The molecule has 1 aliphatic rings. The average Bonchev–Trinajstić information content (AvgIpc) is 3.85.